The summed E-state index contributed by atoms with van der Waals surface area (Å²) in [6, 6.07) is 16.1. The van der Waals surface area contributed by atoms with Gasteiger partial charge >= 0.3 is 5.97 Å². The van der Waals surface area contributed by atoms with Crippen molar-refractivity contribution in [3.63, 3.8) is 0 Å². The van der Waals surface area contributed by atoms with Gasteiger partial charge in [-0.15, -0.1) is 0 Å². The van der Waals surface area contributed by atoms with Crippen LogP contribution < -0.4 is 16.0 Å². The molecule has 3 rings (SSSR count). The van der Waals surface area contributed by atoms with E-state index in [1.165, 1.54) is 4.90 Å². The van der Waals surface area contributed by atoms with Gasteiger partial charge in [0, 0.05) is 30.4 Å². The molecule has 1 atom stereocenters. The van der Waals surface area contributed by atoms with Crippen LogP contribution in [0.3, 0.4) is 0 Å². The Morgan fingerprint density at radius 3 is 2.41 bits per heavy atom. The minimum atomic E-state index is -0.985. The van der Waals surface area contributed by atoms with Crippen molar-refractivity contribution in [2.24, 2.45) is 10.9 Å². The van der Waals surface area contributed by atoms with Crippen molar-refractivity contribution >= 4 is 29.3 Å². The number of hydrogen-bond acceptors (Lipinski definition) is 6. The maximum absolute atomic E-state index is 12.6. The lowest BCUT2D eigenvalue weighted by molar-refractivity contribution is -0.139. The van der Waals surface area contributed by atoms with E-state index in [1.54, 1.807) is 24.3 Å². The number of oxime groups is 1. The molecule has 10 nitrogen and oxygen atoms in total. The van der Waals surface area contributed by atoms with Crippen molar-refractivity contribution < 1.29 is 24.7 Å². The van der Waals surface area contributed by atoms with Gasteiger partial charge in [0.25, 0.3) is 0 Å². The summed E-state index contributed by atoms with van der Waals surface area (Å²) in [5, 5.41) is 23.7. The Kier molecular flexibility index (Phi) is 8.44. The molecule has 1 aliphatic heterocycles. The number of carbonyl (C=O) groups excluding carboxylic acids is 2. The molecule has 0 aromatic heterocycles. The van der Waals surface area contributed by atoms with Crippen LogP contribution >= 0.6 is 0 Å². The largest absolute Gasteiger partial charge is 0.481 e. The minimum absolute atomic E-state index is 0.00317. The van der Waals surface area contributed by atoms with Crippen molar-refractivity contribution in [3.8, 4) is 0 Å². The summed E-state index contributed by atoms with van der Waals surface area (Å²) in [5.41, 5.74) is 8.02. The number of carboxylic acid groups (broad SMARTS) is 1. The maximum atomic E-state index is 12.6. The summed E-state index contributed by atoms with van der Waals surface area (Å²) in [6.07, 6.45) is 0.957. The second kappa shape index (κ2) is 11.7. The van der Waals surface area contributed by atoms with Gasteiger partial charge in [-0.25, -0.2) is 0 Å². The second-order valence-corrected chi connectivity index (χ2v) is 8.16. The van der Waals surface area contributed by atoms with Crippen molar-refractivity contribution in [1.29, 1.82) is 0 Å². The van der Waals surface area contributed by atoms with Gasteiger partial charge in [-0.3, -0.25) is 14.4 Å². The lowest BCUT2D eigenvalue weighted by Crippen LogP contribution is -2.54. The quantitative estimate of drug-likeness (QED) is 0.176. The number of amides is 2. The Hall–Kier alpha value is -4.08. The highest BCUT2D eigenvalue weighted by Crippen LogP contribution is 2.18. The fraction of sp³-hybridized carbons (Fsp3) is 0.333. The highest BCUT2D eigenvalue weighted by atomic mass is 16.4. The van der Waals surface area contributed by atoms with E-state index in [-0.39, 0.29) is 37.2 Å². The van der Waals surface area contributed by atoms with Crippen molar-refractivity contribution in [2.75, 3.05) is 31.1 Å². The Morgan fingerprint density at radius 1 is 1.09 bits per heavy atom. The number of carbonyl (C=O) groups is 3. The average molecular weight is 468 g/mol. The molecule has 0 bridgehead atoms. The van der Waals surface area contributed by atoms with Gasteiger partial charge in [0.1, 0.15) is 0 Å². The smallest absolute Gasteiger partial charge is 0.305 e. The van der Waals surface area contributed by atoms with Gasteiger partial charge in [-0.2, -0.15) is 0 Å². The Bertz CT molecular complexity index is 1030. The fourth-order valence-electron chi connectivity index (χ4n) is 3.87. The summed E-state index contributed by atoms with van der Waals surface area (Å²) >= 11 is 0. The number of nitrogens with one attached hydrogen (secondary N) is 1. The molecule has 2 amide bonds. The lowest BCUT2D eigenvalue weighted by Gasteiger charge is -2.35. The number of rotatable bonds is 10. The van der Waals surface area contributed by atoms with Crippen LogP contribution in [0, 0.1) is 0 Å². The Balaban J connectivity index is 1.52. The third-order valence-corrected chi connectivity index (χ3v) is 5.70. The van der Waals surface area contributed by atoms with Crippen LogP contribution in [0.1, 0.15) is 24.0 Å². The number of aliphatic carboxylic acids is 1. The predicted octanol–water partition coefficient (Wildman–Crippen LogP) is 1.02. The number of benzene rings is 2. The van der Waals surface area contributed by atoms with E-state index >= 15 is 0 Å². The lowest BCUT2D eigenvalue weighted by atomic mass is 10.0. The van der Waals surface area contributed by atoms with Crippen LogP contribution in [0.4, 0.5) is 5.69 Å². The molecule has 1 unspecified atom stereocenters. The first kappa shape index (κ1) is 24.6. The number of anilines is 1. The normalized spacial score (nSPS) is 15.2. The van der Waals surface area contributed by atoms with Gasteiger partial charge in [-0.05, 0) is 42.7 Å². The predicted molar refractivity (Wildman–Crippen MR) is 127 cm³/mol. The number of amidine groups is 1. The highest BCUT2D eigenvalue weighted by Gasteiger charge is 2.26. The number of carboxylic acids is 1. The molecule has 0 spiro atoms. The van der Waals surface area contributed by atoms with Crippen LogP contribution in [0.2, 0.25) is 0 Å². The molecule has 0 aliphatic carbocycles. The SMILES string of the molecule is NC(=NO)c1ccc(N2CCN(CC(=O)NC(CCc3ccccc3)CC(=O)O)C(=O)C2)cc1. The molecule has 2 aromatic carbocycles. The van der Waals surface area contributed by atoms with E-state index in [0.29, 0.717) is 31.5 Å². The third kappa shape index (κ3) is 6.96. The van der Waals surface area contributed by atoms with Crippen LogP contribution in [0.5, 0.6) is 0 Å². The monoisotopic (exact) mass is 467 g/mol. The molecule has 34 heavy (non-hydrogen) atoms. The Morgan fingerprint density at radius 2 is 1.79 bits per heavy atom. The molecule has 10 heteroatoms. The second-order valence-electron chi connectivity index (χ2n) is 8.16. The summed E-state index contributed by atoms with van der Waals surface area (Å²) in [7, 11) is 0. The highest BCUT2D eigenvalue weighted by molar-refractivity contribution is 5.97. The minimum Gasteiger partial charge on any atom is -0.481 e. The molecule has 5 N–H and O–H groups in total. The summed E-state index contributed by atoms with van der Waals surface area (Å²) in [5.74, 6) is -1.55. The van der Waals surface area contributed by atoms with Gasteiger partial charge in [-0.1, -0.05) is 35.5 Å². The molecule has 1 fully saturated rings. The first-order valence-corrected chi connectivity index (χ1v) is 11.0. The summed E-state index contributed by atoms with van der Waals surface area (Å²) < 4.78 is 0. The summed E-state index contributed by atoms with van der Waals surface area (Å²) in [4.78, 5) is 39.8. The van der Waals surface area contributed by atoms with Gasteiger partial charge in [0.2, 0.25) is 11.8 Å². The first-order chi connectivity index (χ1) is 16.4. The van der Waals surface area contributed by atoms with Gasteiger partial charge < -0.3 is 31.2 Å². The number of nitrogens with two attached hydrogens (primary N) is 1. The van der Waals surface area contributed by atoms with Crippen molar-refractivity contribution in [2.45, 2.75) is 25.3 Å². The molecule has 180 valence electrons. The van der Waals surface area contributed by atoms with E-state index in [9.17, 15) is 19.5 Å². The molecule has 2 aromatic rings. The zero-order valence-corrected chi connectivity index (χ0v) is 18.8. The zero-order chi connectivity index (χ0) is 24.5. The standard InChI is InChI=1S/C24H29N5O5/c25-24(27-34)18-7-10-20(11-8-18)28-12-13-29(22(31)16-28)15-21(30)26-19(14-23(32)33)9-6-17-4-2-1-3-5-17/h1-5,7-8,10-11,19,34H,6,9,12-16H2,(H2,25,27)(H,26,30)(H,32,33). The number of piperazine rings is 1. The van der Waals surface area contributed by atoms with Crippen molar-refractivity contribution in [3.05, 3.63) is 65.7 Å². The van der Waals surface area contributed by atoms with Gasteiger partial charge in [0.15, 0.2) is 5.84 Å². The van der Waals surface area contributed by atoms with Crippen LogP contribution in [0.25, 0.3) is 0 Å². The van der Waals surface area contributed by atoms with E-state index < -0.39 is 12.0 Å². The Labute approximate surface area is 197 Å². The van der Waals surface area contributed by atoms with Crippen molar-refractivity contribution in [1.82, 2.24) is 10.2 Å². The molecular formula is C24H29N5O5. The molecule has 1 aliphatic rings. The molecule has 0 saturated carbocycles. The van der Waals surface area contributed by atoms with E-state index in [2.05, 4.69) is 10.5 Å². The molecular weight excluding hydrogens is 438 g/mol. The topological polar surface area (TPSA) is 149 Å². The maximum Gasteiger partial charge on any atom is 0.305 e. The van der Waals surface area contributed by atoms with E-state index in [0.717, 1.165) is 11.3 Å². The summed E-state index contributed by atoms with van der Waals surface area (Å²) in [6.45, 7) is 0.898. The molecule has 1 saturated heterocycles. The third-order valence-electron chi connectivity index (χ3n) is 5.70. The fourth-order valence-corrected chi connectivity index (χ4v) is 3.87. The zero-order valence-electron chi connectivity index (χ0n) is 18.8. The number of nitrogens with zero attached hydrogens (tertiary/aromatic N) is 3. The van der Waals surface area contributed by atoms with Gasteiger partial charge in [0.05, 0.1) is 19.5 Å². The number of aryl methyl sites for hydroxylation is 1. The van der Waals surface area contributed by atoms with E-state index in [1.807, 2.05) is 35.2 Å². The van der Waals surface area contributed by atoms with E-state index in [4.69, 9.17) is 10.9 Å². The molecule has 0 radical (unpaired) electrons. The first-order valence-electron chi connectivity index (χ1n) is 11.0. The van der Waals surface area contributed by atoms with Crippen LogP contribution in [0.15, 0.2) is 59.8 Å². The molecule has 1 heterocycles. The number of hydrogen-bond donors (Lipinski definition) is 4. The van der Waals surface area contributed by atoms with Crippen LogP contribution in [-0.4, -0.2) is 71.1 Å². The average Bonchev–Trinajstić information content (AvgIpc) is 2.83. The van der Waals surface area contributed by atoms with Crippen LogP contribution in [-0.2, 0) is 20.8 Å².